The number of fused-ring (bicyclic) bond motifs is 2. The van der Waals surface area contributed by atoms with Crippen molar-refractivity contribution >= 4 is 18.3 Å². The summed E-state index contributed by atoms with van der Waals surface area (Å²) in [4.78, 5) is 15.4. The summed E-state index contributed by atoms with van der Waals surface area (Å²) in [5.74, 6) is 0.791. The van der Waals surface area contributed by atoms with Gasteiger partial charge in [0, 0.05) is 18.6 Å². The van der Waals surface area contributed by atoms with Gasteiger partial charge in [-0.2, -0.15) is 0 Å². The SMILES string of the molecule is Cc1ccccc1COc1ccccc1C(=O)N1C2CCNCC1CC2.Cl. The Morgan fingerprint density at radius 3 is 2.67 bits per heavy atom. The number of nitrogens with one attached hydrogen (secondary N) is 1. The fourth-order valence-corrected chi connectivity index (χ4v) is 4.15. The molecule has 2 aliphatic heterocycles. The van der Waals surface area contributed by atoms with E-state index in [2.05, 4.69) is 29.3 Å². The Balaban J connectivity index is 0.00000210. The predicted octanol–water partition coefficient (Wildman–Crippen LogP) is 3.96. The van der Waals surface area contributed by atoms with Crippen LogP contribution in [0.2, 0.25) is 0 Å². The van der Waals surface area contributed by atoms with E-state index in [1.807, 2.05) is 36.4 Å². The number of aryl methyl sites for hydroxylation is 1. The summed E-state index contributed by atoms with van der Waals surface area (Å²) in [6, 6.07) is 16.5. The van der Waals surface area contributed by atoms with Crippen LogP contribution in [0.1, 0.15) is 40.7 Å². The van der Waals surface area contributed by atoms with Crippen molar-refractivity contribution in [3.63, 3.8) is 0 Å². The third kappa shape index (κ3) is 4.12. The number of nitrogens with zero attached hydrogens (tertiary/aromatic N) is 1. The fraction of sp³-hybridized carbons (Fsp3) is 0.409. The van der Waals surface area contributed by atoms with Gasteiger partial charge in [0.1, 0.15) is 12.4 Å². The maximum atomic E-state index is 13.3. The first-order valence-corrected chi connectivity index (χ1v) is 9.54. The van der Waals surface area contributed by atoms with Gasteiger partial charge in [0.05, 0.1) is 5.56 Å². The molecule has 2 heterocycles. The summed E-state index contributed by atoms with van der Waals surface area (Å²) in [6.45, 7) is 4.45. The molecule has 2 aromatic rings. The summed E-state index contributed by atoms with van der Waals surface area (Å²) in [7, 11) is 0. The highest BCUT2D eigenvalue weighted by atomic mass is 35.5. The molecule has 5 heteroatoms. The molecule has 0 spiro atoms. The molecule has 2 aliphatic rings. The van der Waals surface area contributed by atoms with Crippen molar-refractivity contribution < 1.29 is 9.53 Å². The Morgan fingerprint density at radius 1 is 1.07 bits per heavy atom. The molecule has 2 atom stereocenters. The lowest BCUT2D eigenvalue weighted by Gasteiger charge is -2.28. The number of halogens is 1. The lowest BCUT2D eigenvalue weighted by molar-refractivity contribution is 0.0675. The second kappa shape index (κ2) is 8.77. The Hall–Kier alpha value is -2.04. The van der Waals surface area contributed by atoms with E-state index >= 15 is 0 Å². The van der Waals surface area contributed by atoms with Crippen LogP contribution in [0.25, 0.3) is 0 Å². The van der Waals surface area contributed by atoms with Crippen molar-refractivity contribution in [1.82, 2.24) is 10.2 Å². The first-order chi connectivity index (χ1) is 12.7. The van der Waals surface area contributed by atoms with Crippen LogP contribution in [0.15, 0.2) is 48.5 Å². The molecule has 2 bridgehead atoms. The van der Waals surface area contributed by atoms with Gasteiger partial charge in [0.2, 0.25) is 0 Å². The Labute approximate surface area is 167 Å². The molecule has 1 amide bonds. The standard InChI is InChI=1S/C22H26N2O2.ClH/c1-16-6-2-3-7-17(16)15-26-21-9-5-4-8-20(21)22(25)24-18-10-11-19(24)14-23-13-12-18;/h2-9,18-19,23H,10-15H2,1H3;1H. The molecule has 2 unspecified atom stereocenters. The second-order valence-corrected chi connectivity index (χ2v) is 7.30. The highest BCUT2D eigenvalue weighted by Crippen LogP contribution is 2.32. The number of rotatable bonds is 4. The van der Waals surface area contributed by atoms with Gasteiger partial charge in [-0.3, -0.25) is 4.79 Å². The van der Waals surface area contributed by atoms with Crippen molar-refractivity contribution in [2.75, 3.05) is 13.1 Å². The summed E-state index contributed by atoms with van der Waals surface area (Å²) < 4.78 is 6.08. The van der Waals surface area contributed by atoms with Crippen molar-refractivity contribution in [1.29, 1.82) is 0 Å². The molecule has 1 N–H and O–H groups in total. The van der Waals surface area contributed by atoms with Gasteiger partial charge in [-0.1, -0.05) is 36.4 Å². The quantitative estimate of drug-likeness (QED) is 0.864. The van der Waals surface area contributed by atoms with Crippen LogP contribution in [0.4, 0.5) is 0 Å². The van der Waals surface area contributed by atoms with E-state index in [9.17, 15) is 4.79 Å². The van der Waals surface area contributed by atoms with Gasteiger partial charge < -0.3 is 15.0 Å². The van der Waals surface area contributed by atoms with Crippen LogP contribution in [-0.2, 0) is 6.61 Å². The van der Waals surface area contributed by atoms with Crippen molar-refractivity contribution in [2.45, 2.75) is 44.9 Å². The number of ether oxygens (including phenoxy) is 1. The maximum Gasteiger partial charge on any atom is 0.258 e. The highest BCUT2D eigenvalue weighted by Gasteiger charge is 2.39. The van der Waals surface area contributed by atoms with Crippen molar-refractivity contribution in [3.8, 4) is 5.75 Å². The second-order valence-electron chi connectivity index (χ2n) is 7.30. The van der Waals surface area contributed by atoms with Crippen LogP contribution < -0.4 is 10.1 Å². The number of carbonyl (C=O) groups is 1. The first-order valence-electron chi connectivity index (χ1n) is 9.54. The minimum absolute atomic E-state index is 0. The third-order valence-corrected chi connectivity index (χ3v) is 5.65. The minimum Gasteiger partial charge on any atom is -0.488 e. The molecule has 4 rings (SSSR count). The van der Waals surface area contributed by atoms with Crippen LogP contribution in [0.3, 0.4) is 0 Å². The molecule has 2 fully saturated rings. The average Bonchev–Trinajstić information content (AvgIpc) is 2.93. The molecule has 0 radical (unpaired) electrons. The molecule has 2 aromatic carbocycles. The highest BCUT2D eigenvalue weighted by molar-refractivity contribution is 5.97. The topological polar surface area (TPSA) is 41.6 Å². The van der Waals surface area contributed by atoms with Crippen LogP contribution in [0, 0.1) is 6.92 Å². The minimum atomic E-state index is 0. The normalized spacial score (nSPS) is 21.3. The number of benzene rings is 2. The molecule has 2 saturated heterocycles. The summed E-state index contributed by atoms with van der Waals surface area (Å²) in [6.07, 6.45) is 3.24. The van der Waals surface area contributed by atoms with E-state index in [0.29, 0.717) is 30.0 Å². The number of hydrogen-bond donors (Lipinski definition) is 1. The average molecular weight is 387 g/mol. The molecule has 4 nitrogen and oxygen atoms in total. The summed E-state index contributed by atoms with van der Waals surface area (Å²) in [5.41, 5.74) is 3.03. The van der Waals surface area contributed by atoms with Gasteiger partial charge in [0.15, 0.2) is 0 Å². The molecular formula is C22H27ClN2O2. The number of para-hydroxylation sites is 1. The largest absolute Gasteiger partial charge is 0.488 e. The number of amides is 1. The molecule has 0 aromatic heterocycles. The smallest absolute Gasteiger partial charge is 0.258 e. The van der Waals surface area contributed by atoms with Crippen molar-refractivity contribution in [3.05, 3.63) is 65.2 Å². The molecule has 0 aliphatic carbocycles. The Bertz CT molecular complexity index is 781. The zero-order valence-corrected chi connectivity index (χ0v) is 16.5. The molecule has 27 heavy (non-hydrogen) atoms. The summed E-state index contributed by atoms with van der Waals surface area (Å²) >= 11 is 0. The van der Waals surface area contributed by atoms with E-state index in [1.165, 1.54) is 5.56 Å². The van der Waals surface area contributed by atoms with Gasteiger partial charge >= 0.3 is 0 Å². The van der Waals surface area contributed by atoms with Crippen molar-refractivity contribution in [2.24, 2.45) is 0 Å². The first kappa shape index (κ1) is 19.7. The van der Waals surface area contributed by atoms with E-state index in [-0.39, 0.29) is 18.3 Å². The van der Waals surface area contributed by atoms with Crippen LogP contribution >= 0.6 is 12.4 Å². The van der Waals surface area contributed by atoms with E-state index in [4.69, 9.17) is 4.74 Å². The van der Waals surface area contributed by atoms with Gasteiger partial charge in [-0.25, -0.2) is 0 Å². The molecular weight excluding hydrogens is 360 g/mol. The van der Waals surface area contributed by atoms with Gasteiger partial charge in [-0.05, 0) is 56.0 Å². The third-order valence-electron chi connectivity index (χ3n) is 5.65. The van der Waals surface area contributed by atoms with E-state index in [0.717, 1.165) is 37.9 Å². The number of carbonyl (C=O) groups excluding carboxylic acids is 1. The van der Waals surface area contributed by atoms with Gasteiger partial charge in [0.25, 0.3) is 5.91 Å². The van der Waals surface area contributed by atoms with Crippen LogP contribution in [0.5, 0.6) is 5.75 Å². The van der Waals surface area contributed by atoms with E-state index < -0.39 is 0 Å². The zero-order valence-electron chi connectivity index (χ0n) is 15.7. The Morgan fingerprint density at radius 2 is 1.81 bits per heavy atom. The summed E-state index contributed by atoms with van der Waals surface area (Å²) in [5, 5.41) is 3.46. The molecule has 0 saturated carbocycles. The predicted molar refractivity (Wildman–Crippen MR) is 110 cm³/mol. The molecule has 144 valence electrons. The van der Waals surface area contributed by atoms with Gasteiger partial charge in [-0.15, -0.1) is 12.4 Å². The Kier molecular flexibility index (Phi) is 6.40. The fourth-order valence-electron chi connectivity index (χ4n) is 4.15. The zero-order chi connectivity index (χ0) is 17.9. The lowest BCUT2D eigenvalue weighted by Crippen LogP contribution is -2.42. The monoisotopic (exact) mass is 386 g/mol. The van der Waals surface area contributed by atoms with E-state index in [1.54, 1.807) is 0 Å². The lowest BCUT2D eigenvalue weighted by atomic mass is 10.1. The van der Waals surface area contributed by atoms with Crippen LogP contribution in [-0.4, -0.2) is 36.0 Å². The number of hydrogen-bond acceptors (Lipinski definition) is 3. The maximum absolute atomic E-state index is 13.3.